The lowest BCUT2D eigenvalue weighted by atomic mass is 10.0. The van der Waals surface area contributed by atoms with Gasteiger partial charge in [-0.25, -0.2) is 13.2 Å². The zero-order valence-electron chi connectivity index (χ0n) is 21.0. The maximum absolute atomic E-state index is 13.7. The van der Waals surface area contributed by atoms with E-state index in [0.717, 1.165) is 5.56 Å². The molecule has 1 amide bonds. The topological polar surface area (TPSA) is 128 Å². The minimum Gasteiger partial charge on any atom is -0.448 e. The van der Waals surface area contributed by atoms with E-state index in [1.165, 1.54) is 12.1 Å². The molecule has 2 aliphatic heterocycles. The van der Waals surface area contributed by atoms with Crippen LogP contribution in [0.1, 0.15) is 35.6 Å². The molecule has 0 radical (unpaired) electrons. The number of ether oxygens (including phenoxy) is 2. The zero-order chi connectivity index (χ0) is 27.6. The summed E-state index contributed by atoms with van der Waals surface area (Å²) in [5, 5.41) is 0.635. The molecule has 1 N–H and O–H groups in total. The first-order valence-electron chi connectivity index (χ1n) is 12.3. The Bertz CT molecular complexity index is 1440. The lowest BCUT2D eigenvalue weighted by Crippen LogP contribution is -2.57. The van der Waals surface area contributed by atoms with Crippen LogP contribution < -0.4 is 4.72 Å². The maximum Gasteiger partial charge on any atom is 0.376 e. The summed E-state index contributed by atoms with van der Waals surface area (Å²) < 4.78 is 39.4. The number of aryl methyl sites for hydroxylation is 1. The van der Waals surface area contributed by atoms with Crippen LogP contribution in [-0.2, 0) is 38.7 Å². The number of esters is 2. The van der Waals surface area contributed by atoms with Crippen LogP contribution in [-0.4, -0.2) is 49.7 Å². The average Bonchev–Trinajstić information content (AvgIpc) is 3.51. The van der Waals surface area contributed by atoms with Crippen molar-refractivity contribution in [1.82, 2.24) is 9.79 Å². The van der Waals surface area contributed by atoms with Crippen LogP contribution in [0.15, 0.2) is 89.8 Å². The van der Waals surface area contributed by atoms with E-state index in [9.17, 15) is 22.8 Å². The predicted octanol–water partition coefficient (Wildman–Crippen LogP) is 2.78. The first kappa shape index (κ1) is 26.5. The molecule has 11 heteroatoms. The van der Waals surface area contributed by atoms with E-state index in [1.807, 2.05) is 19.1 Å². The first-order valence-corrected chi connectivity index (χ1v) is 13.8. The second-order valence-corrected chi connectivity index (χ2v) is 11.0. The van der Waals surface area contributed by atoms with Crippen molar-refractivity contribution in [3.63, 3.8) is 0 Å². The molecule has 5 rings (SSSR count). The number of nitrogens with zero attached hydrogens (tertiary/aromatic N) is 1. The molecule has 0 aliphatic carbocycles. The number of hydroxylamine groups is 2. The lowest BCUT2D eigenvalue weighted by molar-refractivity contribution is -0.260. The molecule has 0 bridgehead atoms. The van der Waals surface area contributed by atoms with Gasteiger partial charge in [0, 0.05) is 6.42 Å². The molecule has 2 atom stereocenters. The van der Waals surface area contributed by atoms with Crippen molar-refractivity contribution in [2.24, 2.45) is 0 Å². The van der Waals surface area contributed by atoms with Crippen LogP contribution in [0.3, 0.4) is 0 Å². The van der Waals surface area contributed by atoms with E-state index >= 15 is 0 Å². The molecule has 202 valence electrons. The van der Waals surface area contributed by atoms with Gasteiger partial charge in [-0.05, 0) is 30.2 Å². The Morgan fingerprint density at radius 2 is 1.56 bits per heavy atom. The van der Waals surface area contributed by atoms with Crippen LogP contribution >= 0.6 is 0 Å². The molecule has 3 aromatic rings. The molecule has 0 spiro atoms. The van der Waals surface area contributed by atoms with Gasteiger partial charge in [0.2, 0.25) is 10.0 Å². The van der Waals surface area contributed by atoms with E-state index in [4.69, 9.17) is 14.3 Å². The van der Waals surface area contributed by atoms with Gasteiger partial charge in [-0.15, -0.1) is 0 Å². The standard InChI is InChI=1S/C28H26N2O8S/c1-19-12-14-22(15-13-19)39(34,35)29-23-18-36-30(26(23)32)28(17-16-24(31)38-28)27(33)37-25(20-8-4-2-5-9-20)21-10-6-3-7-11-21/h2-15,23,25,29H,16-18H2,1H3/t23-,28?/m0/s1. The summed E-state index contributed by atoms with van der Waals surface area (Å²) >= 11 is 0. The number of hydrogen-bond donors (Lipinski definition) is 1. The van der Waals surface area contributed by atoms with Crippen molar-refractivity contribution in [3.8, 4) is 0 Å². The number of sulfonamides is 1. The van der Waals surface area contributed by atoms with Gasteiger partial charge < -0.3 is 9.47 Å². The number of benzene rings is 3. The van der Waals surface area contributed by atoms with Gasteiger partial charge >= 0.3 is 17.7 Å². The summed E-state index contributed by atoms with van der Waals surface area (Å²) in [6.07, 6.45) is -1.25. The SMILES string of the molecule is Cc1ccc(S(=O)(=O)N[C@H]2CON(C3(C(=O)OC(c4ccccc4)c4ccccc4)CCC(=O)O3)C2=O)cc1. The van der Waals surface area contributed by atoms with Gasteiger partial charge in [0.1, 0.15) is 12.6 Å². The Labute approximate surface area is 225 Å². The third-order valence-corrected chi connectivity index (χ3v) is 8.01. The first-order chi connectivity index (χ1) is 18.7. The fraction of sp³-hybridized carbons (Fsp3) is 0.250. The van der Waals surface area contributed by atoms with Crippen molar-refractivity contribution in [3.05, 3.63) is 102 Å². The molecule has 1 unspecified atom stereocenters. The summed E-state index contributed by atoms with van der Waals surface area (Å²) in [4.78, 5) is 44.8. The van der Waals surface area contributed by atoms with Gasteiger partial charge in [-0.1, -0.05) is 78.4 Å². The van der Waals surface area contributed by atoms with Crippen LogP contribution in [0.2, 0.25) is 0 Å². The van der Waals surface area contributed by atoms with Crippen LogP contribution in [0.4, 0.5) is 0 Å². The van der Waals surface area contributed by atoms with Gasteiger partial charge in [0.05, 0.1) is 11.3 Å². The minimum absolute atomic E-state index is 0.0330. The highest BCUT2D eigenvalue weighted by atomic mass is 32.2. The number of carbonyl (C=O) groups is 3. The van der Waals surface area contributed by atoms with Gasteiger partial charge in [-0.3, -0.25) is 14.4 Å². The monoisotopic (exact) mass is 550 g/mol. The zero-order valence-corrected chi connectivity index (χ0v) is 21.8. The Balaban J connectivity index is 1.41. The van der Waals surface area contributed by atoms with E-state index in [1.54, 1.807) is 60.7 Å². The summed E-state index contributed by atoms with van der Waals surface area (Å²) in [5.41, 5.74) is -0.0175. The summed E-state index contributed by atoms with van der Waals surface area (Å²) in [6.45, 7) is 1.41. The Hall–Kier alpha value is -4.06. The summed E-state index contributed by atoms with van der Waals surface area (Å²) in [6, 6.07) is 22.7. The van der Waals surface area contributed by atoms with Crippen molar-refractivity contribution < 1.29 is 37.1 Å². The van der Waals surface area contributed by atoms with E-state index in [0.29, 0.717) is 16.2 Å². The molecule has 10 nitrogen and oxygen atoms in total. The second kappa shape index (κ2) is 10.6. The fourth-order valence-corrected chi connectivity index (χ4v) is 5.65. The minimum atomic E-state index is -4.08. The molecule has 2 heterocycles. The summed E-state index contributed by atoms with van der Waals surface area (Å²) in [5.74, 6) is -2.61. The van der Waals surface area contributed by atoms with Gasteiger partial charge in [0.25, 0.3) is 5.91 Å². The van der Waals surface area contributed by atoms with Crippen molar-refractivity contribution in [2.75, 3.05) is 6.61 Å². The molecule has 3 aromatic carbocycles. The lowest BCUT2D eigenvalue weighted by Gasteiger charge is -2.34. The van der Waals surface area contributed by atoms with E-state index in [-0.39, 0.29) is 17.7 Å². The highest BCUT2D eigenvalue weighted by Crippen LogP contribution is 2.38. The number of hydrogen-bond acceptors (Lipinski definition) is 8. The van der Waals surface area contributed by atoms with Gasteiger partial charge in [-0.2, -0.15) is 9.79 Å². The Kier molecular flexibility index (Phi) is 7.21. The molecular formula is C28H26N2O8S. The number of amides is 1. The van der Waals surface area contributed by atoms with Crippen molar-refractivity contribution in [2.45, 2.75) is 42.5 Å². The fourth-order valence-electron chi connectivity index (χ4n) is 4.48. The molecule has 39 heavy (non-hydrogen) atoms. The predicted molar refractivity (Wildman–Crippen MR) is 137 cm³/mol. The highest BCUT2D eigenvalue weighted by molar-refractivity contribution is 7.89. The maximum atomic E-state index is 13.7. The molecule has 2 aliphatic rings. The number of rotatable bonds is 8. The summed E-state index contributed by atoms with van der Waals surface area (Å²) in [7, 11) is -4.08. The quantitative estimate of drug-likeness (QED) is 0.424. The Morgan fingerprint density at radius 3 is 2.10 bits per heavy atom. The number of cyclic esters (lactones) is 1. The molecule has 0 aromatic heterocycles. The number of nitrogens with one attached hydrogen (secondary N) is 1. The highest BCUT2D eigenvalue weighted by Gasteiger charge is 2.60. The molecule has 2 fully saturated rings. The van der Waals surface area contributed by atoms with Crippen LogP contribution in [0.25, 0.3) is 0 Å². The van der Waals surface area contributed by atoms with Crippen molar-refractivity contribution >= 4 is 27.9 Å². The average molecular weight is 551 g/mol. The smallest absolute Gasteiger partial charge is 0.376 e. The molecule has 0 saturated carbocycles. The third kappa shape index (κ3) is 5.29. The molecular weight excluding hydrogens is 524 g/mol. The van der Waals surface area contributed by atoms with Crippen LogP contribution in [0, 0.1) is 6.92 Å². The normalized spacial score (nSPS) is 21.3. The Morgan fingerprint density at radius 1 is 0.974 bits per heavy atom. The van der Waals surface area contributed by atoms with Gasteiger partial charge in [0.15, 0.2) is 6.10 Å². The van der Waals surface area contributed by atoms with Crippen LogP contribution in [0.5, 0.6) is 0 Å². The second-order valence-electron chi connectivity index (χ2n) is 9.28. The molecule has 2 saturated heterocycles. The van der Waals surface area contributed by atoms with E-state index < -0.39 is 52.3 Å². The van der Waals surface area contributed by atoms with Crippen molar-refractivity contribution in [1.29, 1.82) is 0 Å². The third-order valence-electron chi connectivity index (χ3n) is 6.52. The largest absolute Gasteiger partial charge is 0.448 e. The van der Waals surface area contributed by atoms with E-state index in [2.05, 4.69) is 4.72 Å². The number of carbonyl (C=O) groups excluding carboxylic acids is 3.